The molecule has 1 N–H and O–H groups in total. The minimum Gasteiger partial charge on any atom is -0.423 e. The predicted molar refractivity (Wildman–Crippen MR) is 122 cm³/mol. The molecule has 4 aliphatic rings. The van der Waals surface area contributed by atoms with Crippen LogP contribution in [0.5, 0.6) is 0 Å². The van der Waals surface area contributed by atoms with Crippen molar-refractivity contribution < 1.29 is 13.9 Å². The highest BCUT2D eigenvalue weighted by molar-refractivity contribution is 6.04. The fraction of sp³-hybridized carbons (Fsp3) is 0.440. The lowest BCUT2D eigenvalue weighted by molar-refractivity contribution is 0.0621. The molecule has 1 amide bonds. The summed E-state index contributed by atoms with van der Waals surface area (Å²) in [6.45, 7) is 5.14. The molecule has 2 unspecified atom stereocenters. The van der Waals surface area contributed by atoms with Gasteiger partial charge >= 0.3 is 0 Å². The van der Waals surface area contributed by atoms with Crippen molar-refractivity contribution in [1.29, 1.82) is 0 Å². The highest BCUT2D eigenvalue weighted by atomic mass is 16.5. The van der Waals surface area contributed by atoms with Gasteiger partial charge in [0.15, 0.2) is 5.58 Å². The Labute approximate surface area is 187 Å². The van der Waals surface area contributed by atoms with Gasteiger partial charge in [0.25, 0.3) is 11.9 Å². The van der Waals surface area contributed by atoms with Gasteiger partial charge in [0.2, 0.25) is 0 Å². The highest BCUT2D eigenvalue weighted by Gasteiger charge is 2.35. The molecule has 7 nitrogen and oxygen atoms in total. The third kappa shape index (κ3) is 3.55. The largest absolute Gasteiger partial charge is 0.423 e. The van der Waals surface area contributed by atoms with E-state index in [1.807, 2.05) is 36.4 Å². The first-order valence-corrected chi connectivity index (χ1v) is 11.6. The molecule has 7 heteroatoms. The van der Waals surface area contributed by atoms with E-state index in [9.17, 15) is 4.79 Å². The number of rotatable bonds is 4. The maximum absolute atomic E-state index is 13.2. The normalized spacial score (nSPS) is 27.6. The molecule has 2 aromatic carbocycles. The molecule has 32 heavy (non-hydrogen) atoms. The lowest BCUT2D eigenvalue weighted by Crippen LogP contribution is -2.57. The predicted octanol–water partition coefficient (Wildman–Crippen LogP) is 3.23. The molecule has 1 aromatic heterocycles. The minimum absolute atomic E-state index is 0.0297. The highest BCUT2D eigenvalue weighted by Crippen LogP contribution is 2.33. The number of hydrogen-bond donors (Lipinski definition) is 1. The van der Waals surface area contributed by atoms with Crippen LogP contribution < -0.4 is 10.2 Å². The molecule has 4 aliphatic heterocycles. The molecule has 2 atom stereocenters. The molecule has 7 rings (SSSR count). The lowest BCUT2D eigenvalue weighted by atomic mass is 9.84. The Morgan fingerprint density at radius 3 is 2.66 bits per heavy atom. The molecule has 5 heterocycles. The first kappa shape index (κ1) is 19.8. The van der Waals surface area contributed by atoms with Gasteiger partial charge in [0.1, 0.15) is 5.52 Å². The number of carbonyl (C=O) groups is 1. The Morgan fingerprint density at radius 1 is 1.03 bits per heavy atom. The first-order valence-electron chi connectivity index (χ1n) is 11.6. The molecule has 0 saturated carbocycles. The minimum atomic E-state index is -0.0595. The number of carbonyl (C=O) groups excluding carboxylic acids is 1. The number of fused-ring (bicyclic) bond motifs is 4. The van der Waals surface area contributed by atoms with Gasteiger partial charge in [-0.2, -0.15) is 4.98 Å². The van der Waals surface area contributed by atoms with Crippen LogP contribution >= 0.6 is 0 Å². The van der Waals surface area contributed by atoms with Crippen LogP contribution in [0.3, 0.4) is 0 Å². The zero-order valence-corrected chi connectivity index (χ0v) is 18.1. The van der Waals surface area contributed by atoms with E-state index in [0.717, 1.165) is 25.2 Å². The van der Waals surface area contributed by atoms with Crippen LogP contribution in [-0.2, 0) is 4.74 Å². The first-order chi connectivity index (χ1) is 15.8. The van der Waals surface area contributed by atoms with E-state index in [4.69, 9.17) is 14.1 Å². The van der Waals surface area contributed by atoms with E-state index in [0.29, 0.717) is 48.4 Å². The van der Waals surface area contributed by atoms with Crippen molar-refractivity contribution in [2.75, 3.05) is 44.3 Å². The number of para-hydroxylation sites is 1. The monoisotopic (exact) mass is 432 g/mol. The SMILES string of the molecule is O=C(NC1CN2CCC1CC2)c1cccc2oc(N3CCOCC3c3ccccc3)nc12. The number of nitrogens with zero attached hydrogens (tertiary/aromatic N) is 3. The van der Waals surface area contributed by atoms with Crippen LogP contribution in [0, 0.1) is 5.92 Å². The second kappa shape index (κ2) is 8.22. The van der Waals surface area contributed by atoms with Crippen molar-refractivity contribution in [3.63, 3.8) is 0 Å². The number of piperidine rings is 3. The number of anilines is 1. The van der Waals surface area contributed by atoms with Crippen molar-refractivity contribution in [1.82, 2.24) is 15.2 Å². The van der Waals surface area contributed by atoms with Crippen LogP contribution in [0.2, 0.25) is 0 Å². The van der Waals surface area contributed by atoms with Gasteiger partial charge in [0.05, 0.1) is 24.8 Å². The number of oxazole rings is 1. The summed E-state index contributed by atoms with van der Waals surface area (Å²) in [5, 5.41) is 3.29. The number of hydrogen-bond acceptors (Lipinski definition) is 6. The van der Waals surface area contributed by atoms with Crippen molar-refractivity contribution in [2.24, 2.45) is 5.92 Å². The molecule has 2 bridgehead atoms. The summed E-state index contributed by atoms with van der Waals surface area (Å²) in [7, 11) is 0. The smallest absolute Gasteiger partial charge is 0.299 e. The summed E-state index contributed by atoms with van der Waals surface area (Å²) < 4.78 is 11.9. The van der Waals surface area contributed by atoms with E-state index in [1.165, 1.54) is 12.8 Å². The zero-order valence-electron chi connectivity index (χ0n) is 18.1. The summed E-state index contributed by atoms with van der Waals surface area (Å²) in [6.07, 6.45) is 2.34. The average Bonchev–Trinajstić information content (AvgIpc) is 3.30. The Balaban J connectivity index is 1.29. The Bertz CT molecular complexity index is 1110. The summed E-state index contributed by atoms with van der Waals surface area (Å²) >= 11 is 0. The van der Waals surface area contributed by atoms with E-state index in [1.54, 1.807) is 0 Å². The Morgan fingerprint density at radius 2 is 1.88 bits per heavy atom. The Kier molecular flexibility index (Phi) is 5.08. The molecule has 166 valence electrons. The van der Waals surface area contributed by atoms with E-state index >= 15 is 0 Å². The standard InChI is InChI=1S/C25H28N4O3/c30-24(26-20-15-28-11-9-17(20)10-12-28)19-7-4-8-22-23(19)27-25(32-22)29-13-14-31-16-21(29)18-5-2-1-3-6-18/h1-8,17,20-21H,9-16H2,(H,26,30). The molecule has 0 aliphatic carbocycles. The summed E-state index contributed by atoms with van der Waals surface area (Å²) in [5.74, 6) is 0.520. The van der Waals surface area contributed by atoms with Crippen LogP contribution in [-0.4, -0.2) is 61.2 Å². The van der Waals surface area contributed by atoms with Gasteiger partial charge in [-0.25, -0.2) is 0 Å². The summed E-state index contributed by atoms with van der Waals surface area (Å²) in [5.41, 5.74) is 3.01. The van der Waals surface area contributed by atoms with Gasteiger partial charge in [-0.05, 0) is 49.5 Å². The van der Waals surface area contributed by atoms with Crippen molar-refractivity contribution in [3.8, 4) is 0 Å². The molecule has 0 spiro atoms. The molecular formula is C25H28N4O3. The number of nitrogens with one attached hydrogen (secondary N) is 1. The van der Waals surface area contributed by atoms with Gasteiger partial charge in [0, 0.05) is 19.1 Å². The van der Waals surface area contributed by atoms with Gasteiger partial charge in [-0.15, -0.1) is 0 Å². The molecule has 3 aromatic rings. The van der Waals surface area contributed by atoms with Gasteiger partial charge in [-0.1, -0.05) is 36.4 Å². The van der Waals surface area contributed by atoms with Crippen LogP contribution in [0.15, 0.2) is 52.9 Å². The van der Waals surface area contributed by atoms with Crippen molar-refractivity contribution in [3.05, 3.63) is 59.7 Å². The zero-order chi connectivity index (χ0) is 21.5. The fourth-order valence-electron chi connectivity index (χ4n) is 5.40. The fourth-order valence-corrected chi connectivity index (χ4v) is 5.40. The number of benzene rings is 2. The maximum atomic E-state index is 13.2. The number of amides is 1. The van der Waals surface area contributed by atoms with Gasteiger partial charge < -0.3 is 24.3 Å². The van der Waals surface area contributed by atoms with Crippen molar-refractivity contribution >= 4 is 23.0 Å². The third-order valence-electron chi connectivity index (χ3n) is 7.18. The van der Waals surface area contributed by atoms with E-state index in [2.05, 4.69) is 27.2 Å². The van der Waals surface area contributed by atoms with Crippen LogP contribution in [0.25, 0.3) is 11.1 Å². The van der Waals surface area contributed by atoms with Gasteiger partial charge in [-0.3, -0.25) is 4.79 Å². The van der Waals surface area contributed by atoms with E-state index < -0.39 is 0 Å². The quantitative estimate of drug-likeness (QED) is 0.683. The van der Waals surface area contributed by atoms with Crippen LogP contribution in [0.4, 0.5) is 6.01 Å². The number of aromatic nitrogens is 1. The second-order valence-electron chi connectivity index (χ2n) is 9.06. The molecule has 0 radical (unpaired) electrons. The van der Waals surface area contributed by atoms with E-state index in [-0.39, 0.29) is 18.0 Å². The topological polar surface area (TPSA) is 70.8 Å². The molecular weight excluding hydrogens is 404 g/mol. The molecule has 4 fully saturated rings. The van der Waals surface area contributed by atoms with Crippen LogP contribution in [0.1, 0.15) is 34.8 Å². The summed E-state index contributed by atoms with van der Waals surface area (Å²) in [4.78, 5) is 22.6. The number of ether oxygens (including phenoxy) is 1. The number of morpholine rings is 1. The second-order valence-corrected chi connectivity index (χ2v) is 9.06. The average molecular weight is 433 g/mol. The lowest BCUT2D eigenvalue weighted by Gasteiger charge is -2.44. The Hall–Kier alpha value is -2.90. The molecule has 4 saturated heterocycles. The van der Waals surface area contributed by atoms with Crippen molar-refractivity contribution in [2.45, 2.75) is 24.9 Å². The summed E-state index contributed by atoms with van der Waals surface area (Å²) in [6, 6.07) is 16.7. The third-order valence-corrected chi connectivity index (χ3v) is 7.18. The maximum Gasteiger partial charge on any atom is 0.299 e.